The Morgan fingerprint density at radius 2 is 1.53 bits per heavy atom. The van der Waals surface area contributed by atoms with Gasteiger partial charge in [0.25, 0.3) is 0 Å². The van der Waals surface area contributed by atoms with E-state index in [4.69, 9.17) is 0 Å². The van der Waals surface area contributed by atoms with Gasteiger partial charge in [0.1, 0.15) is 0 Å². The molecule has 0 heteroatoms. The second-order valence-corrected chi connectivity index (χ2v) is 5.85. The van der Waals surface area contributed by atoms with Gasteiger partial charge in [-0.15, -0.1) is 0 Å². The Labute approximate surface area is 96.8 Å². The fraction of sp³-hybridized carbons (Fsp3) is 1.00. The maximum Gasteiger partial charge on any atom is -0.0391 e. The van der Waals surface area contributed by atoms with Crippen LogP contribution in [-0.4, -0.2) is 0 Å². The Morgan fingerprint density at radius 3 is 2.13 bits per heavy atom. The number of hydrogen-bond donors (Lipinski definition) is 0. The van der Waals surface area contributed by atoms with Gasteiger partial charge in [-0.25, -0.2) is 0 Å². The minimum Gasteiger partial charge on any atom is -0.0651 e. The molecule has 0 radical (unpaired) electrons. The third-order valence-corrected chi connectivity index (χ3v) is 4.40. The van der Waals surface area contributed by atoms with E-state index in [1.165, 1.54) is 57.8 Å². The Morgan fingerprint density at radius 1 is 0.867 bits per heavy atom. The average Bonchev–Trinajstić information content (AvgIpc) is 2.24. The zero-order chi connectivity index (χ0) is 11.1. The lowest BCUT2D eigenvalue weighted by Crippen LogP contribution is -2.12. The highest BCUT2D eigenvalue weighted by atomic mass is 14.2. The summed E-state index contributed by atoms with van der Waals surface area (Å²) in [5.41, 5.74) is 0. The maximum atomic E-state index is 2.41. The van der Waals surface area contributed by atoms with Crippen molar-refractivity contribution in [1.82, 2.24) is 0 Å². The molecule has 1 rings (SSSR count). The van der Waals surface area contributed by atoms with E-state index in [9.17, 15) is 0 Å². The molecule has 2 atom stereocenters. The standard InChI is InChI=1S/C15H30/c1-4-14-9-7-5-6-8-10-15(12-11-14)13(2)3/h13-15H,4-12H2,1-3H3. The van der Waals surface area contributed by atoms with Crippen molar-refractivity contribution in [3.8, 4) is 0 Å². The number of hydrogen-bond acceptors (Lipinski definition) is 0. The van der Waals surface area contributed by atoms with Crippen molar-refractivity contribution in [2.75, 3.05) is 0 Å². The highest BCUT2D eigenvalue weighted by Crippen LogP contribution is 2.30. The molecule has 1 aliphatic rings. The van der Waals surface area contributed by atoms with Crippen LogP contribution in [-0.2, 0) is 0 Å². The van der Waals surface area contributed by atoms with Crippen molar-refractivity contribution in [1.29, 1.82) is 0 Å². The Hall–Kier alpha value is 0. The highest BCUT2D eigenvalue weighted by molar-refractivity contribution is 4.69. The van der Waals surface area contributed by atoms with E-state index in [0.717, 1.165) is 17.8 Å². The molecule has 0 spiro atoms. The van der Waals surface area contributed by atoms with Crippen LogP contribution in [0.25, 0.3) is 0 Å². The third kappa shape index (κ3) is 5.04. The Kier molecular flexibility index (Phi) is 6.36. The zero-order valence-electron chi connectivity index (χ0n) is 11.1. The van der Waals surface area contributed by atoms with Crippen molar-refractivity contribution in [2.24, 2.45) is 17.8 Å². The summed E-state index contributed by atoms with van der Waals surface area (Å²) in [5, 5.41) is 0. The van der Waals surface area contributed by atoms with Gasteiger partial charge in [0.05, 0.1) is 0 Å². The topological polar surface area (TPSA) is 0 Å². The average molecular weight is 210 g/mol. The van der Waals surface area contributed by atoms with E-state index in [2.05, 4.69) is 20.8 Å². The molecular formula is C15H30. The molecule has 0 aromatic heterocycles. The summed E-state index contributed by atoms with van der Waals surface area (Å²) in [6.07, 6.45) is 13.3. The van der Waals surface area contributed by atoms with Gasteiger partial charge >= 0.3 is 0 Å². The predicted octanol–water partition coefficient (Wildman–Crippen LogP) is 5.42. The summed E-state index contributed by atoms with van der Waals surface area (Å²) in [7, 11) is 0. The first-order valence-corrected chi connectivity index (χ1v) is 7.24. The summed E-state index contributed by atoms with van der Waals surface area (Å²) >= 11 is 0. The molecule has 2 unspecified atom stereocenters. The van der Waals surface area contributed by atoms with Crippen LogP contribution in [0.2, 0.25) is 0 Å². The molecule has 1 aliphatic carbocycles. The van der Waals surface area contributed by atoms with Gasteiger partial charge in [-0.3, -0.25) is 0 Å². The second kappa shape index (κ2) is 7.30. The van der Waals surface area contributed by atoms with Crippen LogP contribution in [0.1, 0.15) is 78.6 Å². The maximum absolute atomic E-state index is 2.41. The van der Waals surface area contributed by atoms with E-state index >= 15 is 0 Å². The first-order chi connectivity index (χ1) is 7.24. The minimum atomic E-state index is 0.905. The van der Waals surface area contributed by atoms with Crippen molar-refractivity contribution in [3.05, 3.63) is 0 Å². The van der Waals surface area contributed by atoms with E-state index in [1.807, 2.05) is 0 Å². The summed E-state index contributed by atoms with van der Waals surface area (Å²) in [5.74, 6) is 2.95. The van der Waals surface area contributed by atoms with E-state index < -0.39 is 0 Å². The van der Waals surface area contributed by atoms with E-state index in [-0.39, 0.29) is 0 Å². The fourth-order valence-corrected chi connectivity index (χ4v) is 3.01. The molecule has 1 fully saturated rings. The first-order valence-electron chi connectivity index (χ1n) is 7.24. The van der Waals surface area contributed by atoms with Gasteiger partial charge in [-0.05, 0) is 24.2 Å². The molecule has 0 aromatic carbocycles. The summed E-state index contributed by atoms with van der Waals surface area (Å²) < 4.78 is 0. The van der Waals surface area contributed by atoms with Crippen LogP contribution in [0, 0.1) is 17.8 Å². The van der Waals surface area contributed by atoms with Crippen LogP contribution in [0.15, 0.2) is 0 Å². The largest absolute Gasteiger partial charge is 0.0651 e. The quantitative estimate of drug-likeness (QED) is 0.571. The second-order valence-electron chi connectivity index (χ2n) is 5.85. The molecule has 0 amide bonds. The van der Waals surface area contributed by atoms with Crippen molar-refractivity contribution in [2.45, 2.75) is 78.6 Å². The van der Waals surface area contributed by atoms with Crippen molar-refractivity contribution >= 4 is 0 Å². The Balaban J connectivity index is 2.40. The van der Waals surface area contributed by atoms with Gasteiger partial charge < -0.3 is 0 Å². The van der Waals surface area contributed by atoms with Crippen LogP contribution < -0.4 is 0 Å². The molecule has 0 saturated heterocycles. The molecule has 0 heterocycles. The lowest BCUT2D eigenvalue weighted by atomic mass is 9.81. The summed E-state index contributed by atoms with van der Waals surface area (Å²) in [6, 6.07) is 0. The van der Waals surface area contributed by atoms with Gasteiger partial charge in [0.15, 0.2) is 0 Å². The molecule has 0 bridgehead atoms. The monoisotopic (exact) mass is 210 g/mol. The summed E-state index contributed by atoms with van der Waals surface area (Å²) in [6.45, 7) is 7.20. The molecule has 0 aromatic rings. The lowest BCUT2D eigenvalue weighted by molar-refractivity contribution is 0.272. The Bertz CT molecular complexity index is 148. The van der Waals surface area contributed by atoms with E-state index in [0.29, 0.717) is 0 Å². The normalized spacial score (nSPS) is 30.4. The van der Waals surface area contributed by atoms with Crippen LogP contribution in [0.5, 0.6) is 0 Å². The summed E-state index contributed by atoms with van der Waals surface area (Å²) in [4.78, 5) is 0. The van der Waals surface area contributed by atoms with Crippen LogP contribution in [0.4, 0.5) is 0 Å². The van der Waals surface area contributed by atoms with Gasteiger partial charge in [-0.1, -0.05) is 72.1 Å². The first kappa shape index (κ1) is 13.1. The molecule has 90 valence electrons. The zero-order valence-corrected chi connectivity index (χ0v) is 11.1. The highest BCUT2D eigenvalue weighted by Gasteiger charge is 2.16. The molecule has 15 heavy (non-hydrogen) atoms. The van der Waals surface area contributed by atoms with Crippen molar-refractivity contribution in [3.63, 3.8) is 0 Å². The molecule has 0 N–H and O–H groups in total. The predicted molar refractivity (Wildman–Crippen MR) is 69.0 cm³/mol. The van der Waals surface area contributed by atoms with Gasteiger partial charge in [0, 0.05) is 0 Å². The lowest BCUT2D eigenvalue weighted by Gasteiger charge is -2.25. The fourth-order valence-electron chi connectivity index (χ4n) is 3.01. The van der Waals surface area contributed by atoms with E-state index in [1.54, 1.807) is 0 Å². The molecule has 1 saturated carbocycles. The van der Waals surface area contributed by atoms with Gasteiger partial charge in [0.2, 0.25) is 0 Å². The smallest absolute Gasteiger partial charge is 0.0391 e. The molecule has 0 aliphatic heterocycles. The van der Waals surface area contributed by atoms with Crippen molar-refractivity contribution < 1.29 is 0 Å². The van der Waals surface area contributed by atoms with Crippen LogP contribution >= 0.6 is 0 Å². The molecule has 0 nitrogen and oxygen atoms in total. The van der Waals surface area contributed by atoms with Crippen LogP contribution in [0.3, 0.4) is 0 Å². The number of rotatable bonds is 2. The van der Waals surface area contributed by atoms with Gasteiger partial charge in [-0.2, -0.15) is 0 Å². The minimum absolute atomic E-state index is 0.905. The molecular weight excluding hydrogens is 180 g/mol. The third-order valence-electron chi connectivity index (χ3n) is 4.40. The SMILES string of the molecule is CCC1CCCCCCC(C(C)C)CC1.